The Morgan fingerprint density at radius 3 is 2.49 bits per heavy atom. The maximum absolute atomic E-state index is 12.6. The third-order valence-electron chi connectivity index (χ3n) is 7.24. The summed E-state index contributed by atoms with van der Waals surface area (Å²) >= 11 is 0. The number of nitrogens with one attached hydrogen (secondary N) is 1. The Balaban J connectivity index is 1.28. The van der Waals surface area contributed by atoms with Crippen molar-refractivity contribution in [3.63, 3.8) is 0 Å². The molecular weight excluding hydrogens is 474 g/mol. The molecular formula is C26H31N7O4. The van der Waals surface area contributed by atoms with Crippen molar-refractivity contribution in [2.45, 2.75) is 32.9 Å². The molecule has 0 bridgehead atoms. The van der Waals surface area contributed by atoms with E-state index in [4.69, 9.17) is 5.11 Å². The Kier molecular flexibility index (Phi) is 6.68. The van der Waals surface area contributed by atoms with Gasteiger partial charge in [0.2, 0.25) is 11.9 Å². The number of rotatable bonds is 6. The number of aryl methyl sites for hydroxylation is 1. The first-order chi connectivity index (χ1) is 17.8. The Morgan fingerprint density at radius 2 is 1.81 bits per heavy atom. The Morgan fingerprint density at radius 1 is 1.05 bits per heavy atom. The minimum Gasteiger partial charge on any atom is -0.465 e. The lowest BCUT2D eigenvalue weighted by Gasteiger charge is -2.41. The molecule has 2 saturated heterocycles. The van der Waals surface area contributed by atoms with Crippen molar-refractivity contribution >= 4 is 40.4 Å². The standard InChI is InChI=1S/C26H31N7O4/c1-17-14-30(18(2)34)11-12-32(17)22-6-4-21(5-7-22)28-25-27-13-20-3-8-23(35)33(24(20)29-25)10-9-19-15-31(16-19)26(36)37/h3-8,13,17,19H,9-12,14-16H2,1-2H3,(H,36,37)(H,27,28,29)/t17-/m1/s1. The number of piperazine rings is 1. The van der Waals surface area contributed by atoms with Gasteiger partial charge in [-0.15, -0.1) is 0 Å². The molecule has 0 spiro atoms. The fourth-order valence-corrected chi connectivity index (χ4v) is 5.06. The number of nitrogens with zero attached hydrogens (tertiary/aromatic N) is 6. The summed E-state index contributed by atoms with van der Waals surface area (Å²) in [7, 11) is 0. The van der Waals surface area contributed by atoms with E-state index in [0.29, 0.717) is 50.7 Å². The molecule has 194 valence electrons. The van der Waals surface area contributed by atoms with Crippen LogP contribution >= 0.6 is 0 Å². The highest BCUT2D eigenvalue weighted by atomic mass is 16.4. The number of carbonyl (C=O) groups excluding carboxylic acids is 1. The molecule has 1 atom stereocenters. The van der Waals surface area contributed by atoms with Crippen LogP contribution in [0.4, 0.5) is 22.1 Å². The number of carbonyl (C=O) groups is 2. The predicted octanol–water partition coefficient (Wildman–Crippen LogP) is 2.59. The van der Waals surface area contributed by atoms with Gasteiger partial charge in [0.15, 0.2) is 0 Å². The predicted molar refractivity (Wildman–Crippen MR) is 140 cm³/mol. The molecule has 2 aromatic heterocycles. The SMILES string of the molecule is CC(=O)N1CCN(c2ccc(Nc3ncc4ccc(=O)n(CCC5CN(C(=O)O)C5)c4n3)cc2)[C@H](C)C1. The second-order valence-electron chi connectivity index (χ2n) is 9.82. The molecule has 11 nitrogen and oxygen atoms in total. The first kappa shape index (κ1) is 24.5. The number of hydrogen-bond donors (Lipinski definition) is 2. The van der Waals surface area contributed by atoms with Gasteiger partial charge in [-0.3, -0.25) is 14.2 Å². The maximum atomic E-state index is 12.6. The van der Waals surface area contributed by atoms with Crippen LogP contribution in [0.15, 0.2) is 47.4 Å². The van der Waals surface area contributed by atoms with Crippen LogP contribution in [-0.2, 0) is 11.3 Å². The van der Waals surface area contributed by atoms with E-state index >= 15 is 0 Å². The number of benzene rings is 1. The smallest absolute Gasteiger partial charge is 0.407 e. The summed E-state index contributed by atoms with van der Waals surface area (Å²) < 4.78 is 1.64. The van der Waals surface area contributed by atoms with Gasteiger partial charge in [0, 0.05) is 81.3 Å². The van der Waals surface area contributed by atoms with Crippen LogP contribution in [-0.4, -0.2) is 80.2 Å². The second-order valence-corrected chi connectivity index (χ2v) is 9.82. The van der Waals surface area contributed by atoms with Gasteiger partial charge in [-0.05, 0) is 49.6 Å². The lowest BCUT2D eigenvalue weighted by molar-refractivity contribution is -0.129. The molecule has 0 radical (unpaired) electrons. The van der Waals surface area contributed by atoms with E-state index in [0.717, 1.165) is 23.3 Å². The number of fused-ring (bicyclic) bond motifs is 1. The highest BCUT2D eigenvalue weighted by Crippen LogP contribution is 2.25. The van der Waals surface area contributed by atoms with Gasteiger partial charge >= 0.3 is 6.09 Å². The Labute approximate surface area is 214 Å². The fraction of sp³-hybridized carbons (Fsp3) is 0.423. The normalized spacial score (nSPS) is 18.1. The average Bonchev–Trinajstić information content (AvgIpc) is 2.84. The lowest BCUT2D eigenvalue weighted by atomic mass is 9.97. The summed E-state index contributed by atoms with van der Waals surface area (Å²) in [5, 5.41) is 13.0. The molecule has 0 saturated carbocycles. The quantitative estimate of drug-likeness (QED) is 0.524. The summed E-state index contributed by atoms with van der Waals surface area (Å²) in [5.41, 5.74) is 2.32. The van der Waals surface area contributed by atoms with Crippen molar-refractivity contribution < 1.29 is 14.7 Å². The zero-order valence-electron chi connectivity index (χ0n) is 21.0. The average molecular weight is 506 g/mol. The molecule has 11 heteroatoms. The molecule has 2 N–H and O–H groups in total. The highest BCUT2D eigenvalue weighted by molar-refractivity contribution is 5.76. The molecule has 2 aliphatic heterocycles. The lowest BCUT2D eigenvalue weighted by Crippen LogP contribution is -2.53. The van der Waals surface area contributed by atoms with Crippen LogP contribution in [0.5, 0.6) is 0 Å². The minimum atomic E-state index is -0.903. The van der Waals surface area contributed by atoms with Crippen LogP contribution in [0.2, 0.25) is 0 Å². The number of aromatic nitrogens is 3. The first-order valence-electron chi connectivity index (χ1n) is 12.5. The number of amides is 2. The number of carboxylic acid groups (broad SMARTS) is 1. The van der Waals surface area contributed by atoms with Gasteiger partial charge in [-0.2, -0.15) is 4.98 Å². The van der Waals surface area contributed by atoms with Crippen molar-refractivity contribution in [3.8, 4) is 0 Å². The van der Waals surface area contributed by atoms with Crippen LogP contribution in [0.3, 0.4) is 0 Å². The van der Waals surface area contributed by atoms with E-state index < -0.39 is 6.09 Å². The van der Waals surface area contributed by atoms with E-state index in [1.165, 1.54) is 11.0 Å². The van der Waals surface area contributed by atoms with Gasteiger partial charge in [0.25, 0.3) is 5.56 Å². The van der Waals surface area contributed by atoms with Crippen LogP contribution in [0.1, 0.15) is 20.3 Å². The third-order valence-corrected chi connectivity index (χ3v) is 7.24. The third kappa shape index (κ3) is 5.20. The number of anilines is 3. The Hall–Kier alpha value is -4.15. The number of likely N-dealkylation sites (tertiary alicyclic amines) is 1. The van der Waals surface area contributed by atoms with E-state index in [-0.39, 0.29) is 23.4 Å². The van der Waals surface area contributed by atoms with Gasteiger partial charge in [-0.1, -0.05) is 0 Å². The summed E-state index contributed by atoms with van der Waals surface area (Å²) in [6, 6.07) is 11.5. The van der Waals surface area contributed by atoms with E-state index in [9.17, 15) is 14.4 Å². The molecule has 5 rings (SSSR count). The second kappa shape index (κ2) is 10.1. The fourth-order valence-electron chi connectivity index (χ4n) is 5.06. The van der Waals surface area contributed by atoms with Crippen LogP contribution < -0.4 is 15.8 Å². The van der Waals surface area contributed by atoms with Gasteiger partial charge in [0.05, 0.1) is 0 Å². The molecule has 2 fully saturated rings. The highest BCUT2D eigenvalue weighted by Gasteiger charge is 2.30. The summed E-state index contributed by atoms with van der Waals surface area (Å²) in [6.45, 7) is 7.40. The molecule has 4 heterocycles. The molecule has 37 heavy (non-hydrogen) atoms. The topological polar surface area (TPSA) is 124 Å². The number of hydrogen-bond acceptors (Lipinski definition) is 7. The monoisotopic (exact) mass is 505 g/mol. The largest absolute Gasteiger partial charge is 0.465 e. The van der Waals surface area contributed by atoms with Crippen molar-refractivity contribution in [1.82, 2.24) is 24.3 Å². The molecule has 0 unspecified atom stereocenters. The summed E-state index contributed by atoms with van der Waals surface area (Å²) in [6.07, 6.45) is 1.50. The molecule has 1 aromatic carbocycles. The van der Waals surface area contributed by atoms with E-state index in [1.54, 1.807) is 23.8 Å². The minimum absolute atomic E-state index is 0.111. The van der Waals surface area contributed by atoms with Crippen LogP contribution in [0, 0.1) is 5.92 Å². The molecule has 2 aliphatic rings. The van der Waals surface area contributed by atoms with Gasteiger partial charge in [-0.25, -0.2) is 9.78 Å². The summed E-state index contributed by atoms with van der Waals surface area (Å²) in [5.74, 6) is 0.743. The van der Waals surface area contributed by atoms with E-state index in [1.807, 2.05) is 29.2 Å². The Bertz CT molecular complexity index is 1370. The molecule has 3 aromatic rings. The van der Waals surface area contributed by atoms with Crippen molar-refractivity contribution in [2.75, 3.05) is 42.9 Å². The zero-order chi connectivity index (χ0) is 26.1. The van der Waals surface area contributed by atoms with Gasteiger partial charge in [0.1, 0.15) is 5.65 Å². The van der Waals surface area contributed by atoms with Crippen molar-refractivity contribution in [2.24, 2.45) is 5.92 Å². The first-order valence-corrected chi connectivity index (χ1v) is 12.5. The van der Waals surface area contributed by atoms with Gasteiger partial charge < -0.3 is 25.1 Å². The van der Waals surface area contributed by atoms with Crippen LogP contribution in [0.25, 0.3) is 11.0 Å². The zero-order valence-corrected chi connectivity index (χ0v) is 21.0. The number of pyridine rings is 1. The molecule has 0 aliphatic carbocycles. The molecule has 2 amide bonds. The van der Waals surface area contributed by atoms with Crippen molar-refractivity contribution in [1.29, 1.82) is 0 Å². The van der Waals surface area contributed by atoms with Crippen molar-refractivity contribution in [3.05, 3.63) is 52.9 Å². The maximum Gasteiger partial charge on any atom is 0.407 e. The van der Waals surface area contributed by atoms with E-state index in [2.05, 4.69) is 27.1 Å². The summed E-state index contributed by atoms with van der Waals surface area (Å²) in [4.78, 5) is 49.9.